The Morgan fingerprint density at radius 2 is 2.07 bits per heavy atom. The van der Waals surface area contributed by atoms with Crippen LogP contribution in [0.5, 0.6) is 0 Å². The molecule has 0 atom stereocenters. The number of nitrogens with two attached hydrogens (primary N) is 1. The molecule has 0 bridgehead atoms. The largest absolute Gasteiger partial charge is 0.325 e. The van der Waals surface area contributed by atoms with Crippen LogP contribution in [-0.2, 0) is 6.42 Å². The lowest BCUT2D eigenvalue weighted by Crippen LogP contribution is -2.30. The quantitative estimate of drug-likeness (QED) is 0.826. The van der Waals surface area contributed by atoms with Gasteiger partial charge in [0.05, 0.1) is 11.6 Å². The van der Waals surface area contributed by atoms with Crippen LogP contribution in [0, 0.1) is 0 Å². The molecule has 1 aromatic rings. The fourth-order valence-corrected chi connectivity index (χ4v) is 1.22. The number of rotatable bonds is 3. The second kappa shape index (κ2) is 4.38. The zero-order valence-corrected chi connectivity index (χ0v) is 8.62. The molecule has 0 spiro atoms. The van der Waals surface area contributed by atoms with E-state index in [9.17, 15) is 8.78 Å². The van der Waals surface area contributed by atoms with Crippen LogP contribution >= 0.6 is 23.2 Å². The van der Waals surface area contributed by atoms with Gasteiger partial charge >= 0.3 is 0 Å². The highest BCUT2D eigenvalue weighted by atomic mass is 35.5. The Balaban J connectivity index is 2.83. The summed E-state index contributed by atoms with van der Waals surface area (Å²) in [6.45, 7) is -0.701. The van der Waals surface area contributed by atoms with Crippen molar-refractivity contribution in [2.45, 2.75) is 12.3 Å². The summed E-state index contributed by atoms with van der Waals surface area (Å²) in [6.07, 6.45) is 0.783. The first-order valence-corrected chi connectivity index (χ1v) is 4.58. The summed E-state index contributed by atoms with van der Waals surface area (Å²) in [5.74, 6) is -2.93. The van der Waals surface area contributed by atoms with Crippen LogP contribution in [0.3, 0.4) is 0 Å². The molecular formula is C8H8Cl2F2N2. The van der Waals surface area contributed by atoms with Gasteiger partial charge in [0.25, 0.3) is 5.92 Å². The molecule has 1 rings (SSSR count). The van der Waals surface area contributed by atoms with E-state index >= 15 is 0 Å². The van der Waals surface area contributed by atoms with Gasteiger partial charge in [-0.2, -0.15) is 0 Å². The number of hydrogen-bond acceptors (Lipinski definition) is 2. The number of alkyl halides is 2. The molecule has 0 aliphatic heterocycles. The lowest BCUT2D eigenvalue weighted by Gasteiger charge is -2.13. The number of hydrogen-bond donors (Lipinski definition) is 1. The maximum Gasteiger partial charge on any atom is 0.264 e. The van der Waals surface area contributed by atoms with Crippen molar-refractivity contribution in [3.8, 4) is 0 Å². The number of halogens is 4. The van der Waals surface area contributed by atoms with E-state index in [4.69, 9.17) is 28.9 Å². The van der Waals surface area contributed by atoms with Crippen molar-refractivity contribution in [2.24, 2.45) is 5.73 Å². The zero-order chi connectivity index (χ0) is 10.8. The van der Waals surface area contributed by atoms with Gasteiger partial charge in [-0.05, 0) is 11.6 Å². The Morgan fingerprint density at radius 1 is 1.43 bits per heavy atom. The van der Waals surface area contributed by atoms with Crippen molar-refractivity contribution in [3.63, 3.8) is 0 Å². The normalized spacial score (nSPS) is 11.8. The van der Waals surface area contributed by atoms with E-state index in [1.54, 1.807) is 0 Å². The van der Waals surface area contributed by atoms with Gasteiger partial charge < -0.3 is 5.73 Å². The van der Waals surface area contributed by atoms with Crippen molar-refractivity contribution >= 4 is 23.2 Å². The Kier molecular flexibility index (Phi) is 3.64. The smallest absolute Gasteiger partial charge is 0.264 e. The fraction of sp³-hybridized carbons (Fsp3) is 0.375. The number of nitrogens with zero attached hydrogens (tertiary/aromatic N) is 1. The second-order valence-electron chi connectivity index (χ2n) is 2.85. The number of pyridine rings is 1. The highest BCUT2D eigenvalue weighted by Gasteiger charge is 2.27. The predicted molar refractivity (Wildman–Crippen MR) is 52.0 cm³/mol. The van der Waals surface area contributed by atoms with Crippen LogP contribution in [0.4, 0.5) is 8.78 Å². The minimum atomic E-state index is -2.93. The first-order chi connectivity index (χ1) is 6.44. The van der Waals surface area contributed by atoms with E-state index in [0.717, 1.165) is 0 Å². The molecule has 0 fully saturated rings. The third kappa shape index (κ3) is 3.04. The monoisotopic (exact) mass is 240 g/mol. The van der Waals surface area contributed by atoms with Crippen LogP contribution < -0.4 is 5.73 Å². The Bertz CT molecular complexity index is 331. The van der Waals surface area contributed by atoms with Gasteiger partial charge in [0.1, 0.15) is 5.15 Å². The van der Waals surface area contributed by atoms with Gasteiger partial charge in [0.2, 0.25) is 0 Å². The topological polar surface area (TPSA) is 38.9 Å². The molecule has 2 nitrogen and oxygen atoms in total. The van der Waals surface area contributed by atoms with Crippen LogP contribution in [0.1, 0.15) is 5.56 Å². The van der Waals surface area contributed by atoms with Gasteiger partial charge in [-0.1, -0.05) is 23.2 Å². The Hall–Kier alpha value is -0.450. The third-order valence-corrected chi connectivity index (χ3v) is 2.30. The number of aromatic nitrogens is 1. The molecular weight excluding hydrogens is 233 g/mol. The molecule has 0 aliphatic carbocycles. The van der Waals surface area contributed by atoms with E-state index in [1.807, 2.05) is 0 Å². The van der Waals surface area contributed by atoms with Crippen molar-refractivity contribution in [2.75, 3.05) is 6.54 Å². The molecule has 0 amide bonds. The lowest BCUT2D eigenvalue weighted by molar-refractivity contribution is 0.0114. The molecule has 6 heteroatoms. The van der Waals surface area contributed by atoms with Crippen molar-refractivity contribution < 1.29 is 8.78 Å². The summed E-state index contributed by atoms with van der Waals surface area (Å²) in [4.78, 5) is 3.66. The fourth-order valence-electron chi connectivity index (χ4n) is 0.928. The van der Waals surface area contributed by atoms with Gasteiger partial charge in [0, 0.05) is 12.6 Å². The van der Waals surface area contributed by atoms with E-state index in [0.29, 0.717) is 5.56 Å². The Morgan fingerprint density at radius 3 is 2.57 bits per heavy atom. The van der Waals surface area contributed by atoms with E-state index in [-0.39, 0.29) is 10.2 Å². The standard InChI is InChI=1S/C8H8Cl2F2N2/c9-6-1-5(3-14-7(6)10)2-8(11,12)4-13/h1,3H,2,4,13H2. The Labute approximate surface area is 90.0 Å². The van der Waals surface area contributed by atoms with Gasteiger partial charge in [0.15, 0.2) is 0 Å². The maximum absolute atomic E-state index is 12.8. The summed E-state index contributed by atoms with van der Waals surface area (Å²) >= 11 is 11.1. The minimum Gasteiger partial charge on any atom is -0.325 e. The highest BCUT2D eigenvalue weighted by molar-refractivity contribution is 6.41. The summed E-state index contributed by atoms with van der Waals surface area (Å²) in [7, 11) is 0. The van der Waals surface area contributed by atoms with Crippen molar-refractivity contribution in [1.82, 2.24) is 4.98 Å². The molecule has 0 aliphatic rings. The van der Waals surface area contributed by atoms with Gasteiger partial charge in [-0.25, -0.2) is 13.8 Å². The third-order valence-electron chi connectivity index (χ3n) is 1.61. The molecule has 1 aromatic heterocycles. The molecule has 0 unspecified atom stereocenters. The summed E-state index contributed by atoms with van der Waals surface area (Å²) in [5, 5.41) is 0.267. The maximum atomic E-state index is 12.8. The first-order valence-electron chi connectivity index (χ1n) is 3.82. The summed E-state index contributed by atoms with van der Waals surface area (Å²) in [6, 6.07) is 1.36. The average molecular weight is 241 g/mol. The van der Waals surface area contributed by atoms with E-state index in [2.05, 4.69) is 4.98 Å². The average Bonchev–Trinajstić information content (AvgIpc) is 2.11. The molecule has 0 radical (unpaired) electrons. The molecule has 0 aromatic carbocycles. The van der Waals surface area contributed by atoms with E-state index < -0.39 is 18.9 Å². The second-order valence-corrected chi connectivity index (χ2v) is 3.62. The van der Waals surface area contributed by atoms with Gasteiger partial charge in [-0.3, -0.25) is 0 Å². The van der Waals surface area contributed by atoms with Gasteiger partial charge in [-0.15, -0.1) is 0 Å². The van der Waals surface area contributed by atoms with Crippen LogP contribution in [0.15, 0.2) is 12.3 Å². The molecule has 0 saturated carbocycles. The van der Waals surface area contributed by atoms with Crippen LogP contribution in [-0.4, -0.2) is 17.5 Å². The first kappa shape index (κ1) is 11.6. The molecule has 2 N–H and O–H groups in total. The zero-order valence-electron chi connectivity index (χ0n) is 7.11. The highest BCUT2D eigenvalue weighted by Crippen LogP contribution is 2.24. The lowest BCUT2D eigenvalue weighted by atomic mass is 10.1. The van der Waals surface area contributed by atoms with Crippen LogP contribution in [0.25, 0.3) is 0 Å². The van der Waals surface area contributed by atoms with Crippen molar-refractivity contribution in [3.05, 3.63) is 28.0 Å². The molecule has 78 valence electrons. The van der Waals surface area contributed by atoms with Crippen molar-refractivity contribution in [1.29, 1.82) is 0 Å². The molecule has 0 saturated heterocycles. The van der Waals surface area contributed by atoms with E-state index in [1.165, 1.54) is 12.3 Å². The SMILES string of the molecule is NCC(F)(F)Cc1cnc(Cl)c(Cl)c1. The minimum absolute atomic E-state index is 0.103. The predicted octanol–water partition coefficient (Wildman–Crippen LogP) is 2.52. The van der Waals surface area contributed by atoms with Crippen LogP contribution in [0.2, 0.25) is 10.2 Å². The summed E-state index contributed by atoms with van der Waals surface area (Å²) in [5.41, 5.74) is 5.21. The molecule has 14 heavy (non-hydrogen) atoms. The summed E-state index contributed by atoms with van der Waals surface area (Å²) < 4.78 is 25.7. The molecule has 1 heterocycles.